The number of rotatable bonds is 5. The lowest BCUT2D eigenvalue weighted by Gasteiger charge is -2.06. The van der Waals surface area contributed by atoms with Gasteiger partial charge >= 0.3 is 0 Å². The number of imidazole rings is 1. The Kier molecular flexibility index (Phi) is 4.89. The van der Waals surface area contributed by atoms with E-state index in [1.807, 2.05) is 67.6 Å². The van der Waals surface area contributed by atoms with Crippen molar-refractivity contribution in [1.29, 1.82) is 0 Å². The summed E-state index contributed by atoms with van der Waals surface area (Å²) in [6, 6.07) is 21.1. The highest BCUT2D eigenvalue weighted by Gasteiger charge is 2.08. The average molecular weight is 374 g/mol. The molecule has 0 saturated carbocycles. The average Bonchev–Trinajstić information content (AvgIpc) is 3.10. The number of aryl methyl sites for hydroxylation is 1. The molecule has 0 spiro atoms. The maximum absolute atomic E-state index is 12.3. The second-order valence-electron chi connectivity index (χ2n) is 6.16. The molecule has 0 aliphatic rings. The van der Waals surface area contributed by atoms with Gasteiger partial charge in [0.25, 0.3) is 5.91 Å². The van der Waals surface area contributed by atoms with Crippen LogP contribution in [-0.2, 0) is 5.75 Å². The Morgan fingerprint density at radius 2 is 1.81 bits per heavy atom. The molecule has 0 saturated heterocycles. The topological polar surface area (TPSA) is 70.7 Å². The predicted octanol–water partition coefficient (Wildman–Crippen LogP) is 4.81. The zero-order valence-electron chi connectivity index (χ0n) is 14.8. The van der Waals surface area contributed by atoms with E-state index in [0.29, 0.717) is 11.4 Å². The van der Waals surface area contributed by atoms with Crippen molar-refractivity contribution < 1.29 is 4.79 Å². The van der Waals surface area contributed by atoms with Crippen LogP contribution in [0.15, 0.2) is 71.9 Å². The fraction of sp³-hybridized carbons (Fsp3) is 0.0952. The first-order valence-corrected chi connectivity index (χ1v) is 9.57. The number of H-pyrrole nitrogens is 1. The minimum absolute atomic E-state index is 0.162. The van der Waals surface area contributed by atoms with E-state index in [1.54, 1.807) is 17.8 Å². The van der Waals surface area contributed by atoms with Gasteiger partial charge < -0.3 is 10.3 Å². The summed E-state index contributed by atoms with van der Waals surface area (Å²) >= 11 is 1.64. The number of aromatic nitrogens is 3. The number of hydrogen-bond donors (Lipinski definition) is 2. The van der Waals surface area contributed by atoms with Gasteiger partial charge in [-0.05, 0) is 48.9 Å². The smallest absolute Gasteiger partial charge is 0.256 e. The third-order valence-corrected chi connectivity index (χ3v) is 5.03. The van der Waals surface area contributed by atoms with Gasteiger partial charge in [-0.1, -0.05) is 42.1 Å². The number of fused-ring (bicyclic) bond motifs is 1. The van der Waals surface area contributed by atoms with Gasteiger partial charge in [-0.25, -0.2) is 9.97 Å². The van der Waals surface area contributed by atoms with Gasteiger partial charge in [0.05, 0.1) is 11.0 Å². The van der Waals surface area contributed by atoms with Crippen LogP contribution in [0.3, 0.4) is 0 Å². The van der Waals surface area contributed by atoms with Crippen molar-refractivity contribution in [3.63, 3.8) is 0 Å². The van der Waals surface area contributed by atoms with Gasteiger partial charge in [-0.2, -0.15) is 0 Å². The number of benzene rings is 2. The van der Waals surface area contributed by atoms with Crippen molar-refractivity contribution in [3.05, 3.63) is 83.6 Å². The van der Waals surface area contributed by atoms with Gasteiger partial charge in [0.1, 0.15) is 5.82 Å². The molecule has 2 aromatic heterocycles. The van der Waals surface area contributed by atoms with Crippen molar-refractivity contribution in [1.82, 2.24) is 15.0 Å². The van der Waals surface area contributed by atoms with Gasteiger partial charge in [0.2, 0.25) is 0 Å². The highest BCUT2D eigenvalue weighted by molar-refractivity contribution is 7.98. The molecule has 0 bridgehead atoms. The molecule has 2 N–H and O–H groups in total. The van der Waals surface area contributed by atoms with Crippen LogP contribution < -0.4 is 5.32 Å². The van der Waals surface area contributed by atoms with Gasteiger partial charge in [-0.15, -0.1) is 0 Å². The quantitative estimate of drug-likeness (QED) is 0.492. The van der Waals surface area contributed by atoms with Crippen LogP contribution >= 0.6 is 11.8 Å². The minimum atomic E-state index is -0.162. The summed E-state index contributed by atoms with van der Waals surface area (Å²) in [5.74, 6) is 1.18. The van der Waals surface area contributed by atoms with Crippen molar-refractivity contribution >= 4 is 34.5 Å². The lowest BCUT2D eigenvalue weighted by molar-refractivity contribution is 0.102. The molecule has 0 fully saturated rings. The molecule has 4 rings (SSSR count). The van der Waals surface area contributed by atoms with Crippen LogP contribution in [0.1, 0.15) is 21.6 Å². The van der Waals surface area contributed by atoms with Gasteiger partial charge in [0.15, 0.2) is 5.16 Å². The minimum Gasteiger partial charge on any atom is -0.333 e. The van der Waals surface area contributed by atoms with Crippen molar-refractivity contribution in [2.75, 3.05) is 5.32 Å². The summed E-state index contributed by atoms with van der Waals surface area (Å²) < 4.78 is 0. The third kappa shape index (κ3) is 4.17. The van der Waals surface area contributed by atoms with E-state index in [2.05, 4.69) is 20.3 Å². The Morgan fingerprint density at radius 1 is 1.00 bits per heavy atom. The number of nitrogens with one attached hydrogen (secondary N) is 2. The number of hydrogen-bond acceptors (Lipinski definition) is 4. The summed E-state index contributed by atoms with van der Waals surface area (Å²) in [5.41, 5.74) is 4.61. The first-order valence-electron chi connectivity index (χ1n) is 8.59. The number of thioether (sulfide) groups is 1. The maximum Gasteiger partial charge on any atom is 0.256 e. The van der Waals surface area contributed by atoms with E-state index in [1.165, 1.54) is 0 Å². The fourth-order valence-corrected chi connectivity index (χ4v) is 3.54. The molecular formula is C21H18N4OS. The fourth-order valence-electron chi connectivity index (χ4n) is 2.70. The molecule has 0 aliphatic carbocycles. The van der Waals surface area contributed by atoms with Crippen LogP contribution in [-0.4, -0.2) is 20.9 Å². The van der Waals surface area contributed by atoms with Gasteiger partial charge in [0, 0.05) is 17.0 Å². The summed E-state index contributed by atoms with van der Waals surface area (Å²) in [4.78, 5) is 24.5. The molecule has 2 aromatic carbocycles. The molecule has 27 heavy (non-hydrogen) atoms. The zero-order chi connectivity index (χ0) is 18.6. The Hall–Kier alpha value is -3.12. The summed E-state index contributed by atoms with van der Waals surface area (Å²) in [7, 11) is 0. The lowest BCUT2D eigenvalue weighted by atomic mass is 10.1. The standard InChI is InChI=1S/C21H18N4OS/c1-14-5-4-8-19(22-14)25-20(26)16-11-9-15(10-12-16)13-27-21-23-17-6-2-3-7-18(17)24-21/h2-12H,13H2,1H3,(H,23,24)(H,22,25,26). The monoisotopic (exact) mass is 374 g/mol. The van der Waals surface area contributed by atoms with Crippen molar-refractivity contribution in [2.24, 2.45) is 0 Å². The normalized spacial score (nSPS) is 10.9. The molecule has 0 radical (unpaired) electrons. The van der Waals surface area contributed by atoms with Gasteiger partial charge in [-0.3, -0.25) is 4.79 Å². The lowest BCUT2D eigenvalue weighted by Crippen LogP contribution is -2.13. The summed E-state index contributed by atoms with van der Waals surface area (Å²) in [6.45, 7) is 1.89. The SMILES string of the molecule is Cc1cccc(NC(=O)c2ccc(CSc3nc4ccccc4[nH]3)cc2)n1. The third-order valence-electron chi connectivity index (χ3n) is 4.09. The Morgan fingerprint density at radius 3 is 2.59 bits per heavy atom. The molecule has 1 amide bonds. The number of aromatic amines is 1. The molecular weight excluding hydrogens is 356 g/mol. The first kappa shape index (κ1) is 17.3. The van der Waals surface area contributed by atoms with Crippen LogP contribution in [0.4, 0.5) is 5.82 Å². The van der Waals surface area contributed by atoms with E-state index in [-0.39, 0.29) is 5.91 Å². The van der Waals surface area contributed by atoms with Crippen LogP contribution in [0.5, 0.6) is 0 Å². The van der Waals surface area contributed by atoms with E-state index < -0.39 is 0 Å². The summed E-state index contributed by atoms with van der Waals surface area (Å²) in [6.07, 6.45) is 0. The number of nitrogens with zero attached hydrogens (tertiary/aromatic N) is 2. The second-order valence-corrected chi connectivity index (χ2v) is 7.13. The molecule has 4 aromatic rings. The molecule has 2 heterocycles. The number of amides is 1. The number of pyridine rings is 1. The summed E-state index contributed by atoms with van der Waals surface area (Å²) in [5, 5.41) is 3.71. The molecule has 134 valence electrons. The van der Waals surface area contributed by atoms with Crippen LogP contribution in [0.2, 0.25) is 0 Å². The number of anilines is 1. The van der Waals surface area contributed by atoms with Crippen LogP contribution in [0, 0.1) is 6.92 Å². The molecule has 6 heteroatoms. The molecule has 0 atom stereocenters. The Balaban J connectivity index is 1.38. The van der Waals surface area contributed by atoms with Crippen LogP contribution in [0.25, 0.3) is 11.0 Å². The Bertz CT molecular complexity index is 1060. The Labute approximate surface area is 161 Å². The highest BCUT2D eigenvalue weighted by Crippen LogP contribution is 2.23. The van der Waals surface area contributed by atoms with E-state index in [0.717, 1.165) is 33.2 Å². The number of carbonyl (C=O) groups is 1. The van der Waals surface area contributed by atoms with E-state index in [9.17, 15) is 4.79 Å². The molecule has 0 aliphatic heterocycles. The van der Waals surface area contributed by atoms with Crippen molar-refractivity contribution in [2.45, 2.75) is 17.8 Å². The van der Waals surface area contributed by atoms with Crippen molar-refractivity contribution in [3.8, 4) is 0 Å². The number of para-hydroxylation sites is 2. The molecule has 5 nitrogen and oxygen atoms in total. The number of carbonyl (C=O) groups excluding carboxylic acids is 1. The van der Waals surface area contributed by atoms with E-state index in [4.69, 9.17) is 0 Å². The second kappa shape index (κ2) is 7.63. The largest absolute Gasteiger partial charge is 0.333 e. The molecule has 0 unspecified atom stereocenters. The van der Waals surface area contributed by atoms with E-state index >= 15 is 0 Å². The predicted molar refractivity (Wildman–Crippen MR) is 109 cm³/mol. The highest BCUT2D eigenvalue weighted by atomic mass is 32.2. The maximum atomic E-state index is 12.3. The first-order chi connectivity index (χ1) is 13.2. The zero-order valence-corrected chi connectivity index (χ0v) is 15.6.